The van der Waals surface area contributed by atoms with Crippen molar-refractivity contribution in [2.24, 2.45) is 7.05 Å². The van der Waals surface area contributed by atoms with Crippen molar-refractivity contribution in [2.45, 2.75) is 43.3 Å². The molecule has 0 aromatic carbocycles. The van der Waals surface area contributed by atoms with Crippen molar-refractivity contribution in [1.29, 1.82) is 0 Å². The highest BCUT2D eigenvalue weighted by atomic mass is 35.5. The van der Waals surface area contributed by atoms with Crippen molar-refractivity contribution < 1.29 is 13.2 Å². The van der Waals surface area contributed by atoms with Gasteiger partial charge in [0.2, 0.25) is 10.0 Å². The molecule has 1 aliphatic rings. The number of aryl methyl sites for hydroxylation is 1. The second-order valence-corrected chi connectivity index (χ2v) is 8.10. The van der Waals surface area contributed by atoms with Gasteiger partial charge in [-0.15, -0.1) is 11.6 Å². The Hall–Kier alpha value is -0.560. The van der Waals surface area contributed by atoms with E-state index >= 15 is 0 Å². The molecular formula is C13H21ClN2O3S. The standard InChI is InChI=1S/C13H21ClN2O3S/c1-10-7-16(9-13(2,3)19-10)20(17,18)12-5-11(6-14)15(4)8-12/h5,8,10H,6-7,9H2,1-4H3. The number of rotatable bonds is 3. The van der Waals surface area contributed by atoms with E-state index < -0.39 is 15.6 Å². The van der Waals surface area contributed by atoms with Gasteiger partial charge in [-0.2, -0.15) is 4.31 Å². The first-order chi connectivity index (χ1) is 9.15. The van der Waals surface area contributed by atoms with Crippen LogP contribution in [0.25, 0.3) is 0 Å². The summed E-state index contributed by atoms with van der Waals surface area (Å²) in [5, 5.41) is 0. The van der Waals surface area contributed by atoms with Crippen LogP contribution < -0.4 is 0 Å². The minimum Gasteiger partial charge on any atom is -0.370 e. The summed E-state index contributed by atoms with van der Waals surface area (Å²) in [4.78, 5) is 0.292. The van der Waals surface area contributed by atoms with E-state index in [0.717, 1.165) is 5.69 Å². The number of hydrogen-bond acceptors (Lipinski definition) is 3. The van der Waals surface area contributed by atoms with Gasteiger partial charge in [-0.05, 0) is 26.8 Å². The summed E-state index contributed by atoms with van der Waals surface area (Å²) in [7, 11) is -1.71. The highest BCUT2D eigenvalue weighted by molar-refractivity contribution is 7.89. The average molecular weight is 321 g/mol. The molecule has 20 heavy (non-hydrogen) atoms. The molecule has 1 atom stereocenters. The average Bonchev–Trinajstić information content (AvgIpc) is 2.68. The normalized spacial score (nSPS) is 23.9. The molecule has 0 spiro atoms. The van der Waals surface area contributed by atoms with Crippen LogP contribution in [0.2, 0.25) is 0 Å². The van der Waals surface area contributed by atoms with Gasteiger partial charge in [-0.3, -0.25) is 0 Å². The van der Waals surface area contributed by atoms with Gasteiger partial charge in [0, 0.05) is 32.0 Å². The number of morpholine rings is 1. The van der Waals surface area contributed by atoms with Crippen molar-refractivity contribution in [3.63, 3.8) is 0 Å². The Morgan fingerprint density at radius 3 is 2.65 bits per heavy atom. The SMILES string of the molecule is CC1CN(S(=O)(=O)c2cc(CCl)n(C)c2)CC(C)(C)O1. The Morgan fingerprint density at radius 1 is 1.50 bits per heavy atom. The molecule has 0 saturated carbocycles. The Kier molecular flexibility index (Phi) is 4.22. The van der Waals surface area contributed by atoms with Gasteiger partial charge in [-0.1, -0.05) is 0 Å². The highest BCUT2D eigenvalue weighted by Gasteiger charge is 2.38. The number of alkyl halides is 1. The van der Waals surface area contributed by atoms with Gasteiger partial charge in [-0.25, -0.2) is 8.42 Å². The third-order valence-electron chi connectivity index (χ3n) is 3.40. The predicted octanol–water partition coefficient (Wildman–Crippen LogP) is 1.95. The van der Waals surface area contributed by atoms with Gasteiger partial charge in [0.25, 0.3) is 0 Å². The van der Waals surface area contributed by atoms with Gasteiger partial charge < -0.3 is 9.30 Å². The molecule has 0 amide bonds. The highest BCUT2D eigenvalue weighted by Crippen LogP contribution is 2.27. The van der Waals surface area contributed by atoms with Gasteiger partial charge in [0.15, 0.2) is 0 Å². The second kappa shape index (κ2) is 5.33. The first-order valence-corrected chi connectivity index (χ1v) is 8.52. The number of hydrogen-bond donors (Lipinski definition) is 0. The van der Waals surface area contributed by atoms with Crippen molar-refractivity contribution in [2.75, 3.05) is 13.1 Å². The van der Waals surface area contributed by atoms with E-state index in [9.17, 15) is 8.42 Å². The van der Waals surface area contributed by atoms with Crippen LogP contribution in [-0.2, 0) is 27.7 Å². The molecule has 2 heterocycles. The lowest BCUT2D eigenvalue weighted by atomic mass is 10.1. The molecule has 1 fully saturated rings. The maximum absolute atomic E-state index is 12.7. The van der Waals surface area contributed by atoms with Crippen LogP contribution >= 0.6 is 11.6 Å². The molecule has 1 aromatic rings. The van der Waals surface area contributed by atoms with Crippen LogP contribution in [0.15, 0.2) is 17.2 Å². The molecule has 0 bridgehead atoms. The van der Waals surface area contributed by atoms with Crippen LogP contribution in [0.5, 0.6) is 0 Å². The summed E-state index contributed by atoms with van der Waals surface area (Å²) >= 11 is 5.80. The first kappa shape index (κ1) is 15.8. The molecule has 0 radical (unpaired) electrons. The quantitative estimate of drug-likeness (QED) is 0.800. The Labute approximate surface area is 125 Å². The maximum Gasteiger partial charge on any atom is 0.244 e. The van der Waals surface area contributed by atoms with Crippen LogP contribution in [0.1, 0.15) is 26.5 Å². The van der Waals surface area contributed by atoms with Crippen molar-refractivity contribution in [3.05, 3.63) is 18.0 Å². The fraction of sp³-hybridized carbons (Fsp3) is 0.692. The molecule has 1 unspecified atom stereocenters. The van der Waals surface area contributed by atoms with Crippen molar-refractivity contribution in [3.8, 4) is 0 Å². The third kappa shape index (κ3) is 3.03. The predicted molar refractivity (Wildman–Crippen MR) is 78.4 cm³/mol. The molecule has 1 saturated heterocycles. The van der Waals surface area contributed by atoms with E-state index in [4.69, 9.17) is 16.3 Å². The van der Waals surface area contributed by atoms with Crippen LogP contribution in [0.4, 0.5) is 0 Å². The topological polar surface area (TPSA) is 51.5 Å². The summed E-state index contributed by atoms with van der Waals surface area (Å²) < 4.78 is 34.4. The Morgan fingerprint density at radius 2 is 2.15 bits per heavy atom. The van der Waals surface area contributed by atoms with Gasteiger partial charge >= 0.3 is 0 Å². The second-order valence-electron chi connectivity index (χ2n) is 5.90. The van der Waals surface area contributed by atoms with E-state index in [1.807, 2.05) is 20.8 Å². The molecule has 0 N–H and O–H groups in total. The minimum atomic E-state index is -3.50. The summed E-state index contributed by atoms with van der Waals surface area (Å²) in [6, 6.07) is 1.63. The smallest absolute Gasteiger partial charge is 0.244 e. The summed E-state index contributed by atoms with van der Waals surface area (Å²) in [5.41, 5.74) is 0.306. The van der Waals surface area contributed by atoms with Gasteiger partial charge in [0.1, 0.15) is 4.90 Å². The van der Waals surface area contributed by atoms with Crippen molar-refractivity contribution in [1.82, 2.24) is 8.87 Å². The fourth-order valence-corrected chi connectivity index (χ4v) is 4.61. The third-order valence-corrected chi connectivity index (χ3v) is 5.45. The molecular weight excluding hydrogens is 300 g/mol. The minimum absolute atomic E-state index is 0.121. The summed E-state index contributed by atoms with van der Waals surface area (Å²) in [6.45, 7) is 6.42. The molecule has 1 aliphatic heterocycles. The lowest BCUT2D eigenvalue weighted by Crippen LogP contribution is -2.53. The van der Waals surface area contributed by atoms with E-state index in [1.165, 1.54) is 4.31 Å². The number of nitrogens with zero attached hydrogens (tertiary/aromatic N) is 2. The molecule has 5 nitrogen and oxygen atoms in total. The van der Waals surface area contributed by atoms with Crippen molar-refractivity contribution >= 4 is 21.6 Å². The number of sulfonamides is 1. The monoisotopic (exact) mass is 320 g/mol. The molecule has 0 aliphatic carbocycles. The van der Waals surface area contributed by atoms with Crippen LogP contribution in [-0.4, -0.2) is 42.1 Å². The molecule has 1 aromatic heterocycles. The lowest BCUT2D eigenvalue weighted by molar-refractivity contribution is -0.109. The van der Waals surface area contributed by atoms with E-state index in [2.05, 4.69) is 0 Å². The lowest BCUT2D eigenvalue weighted by Gasteiger charge is -2.40. The van der Waals surface area contributed by atoms with Crippen LogP contribution in [0, 0.1) is 0 Å². The largest absolute Gasteiger partial charge is 0.370 e. The summed E-state index contributed by atoms with van der Waals surface area (Å²) in [6.07, 6.45) is 1.49. The van der Waals surface area contributed by atoms with Crippen LogP contribution in [0.3, 0.4) is 0 Å². The van der Waals surface area contributed by atoms with E-state index in [-0.39, 0.29) is 12.0 Å². The maximum atomic E-state index is 12.7. The number of halogens is 1. The zero-order valence-electron chi connectivity index (χ0n) is 12.3. The molecule has 7 heteroatoms. The number of ether oxygens (including phenoxy) is 1. The van der Waals surface area contributed by atoms with Gasteiger partial charge in [0.05, 0.1) is 17.6 Å². The summed E-state index contributed by atoms with van der Waals surface area (Å²) in [5.74, 6) is 0.289. The molecule has 2 rings (SSSR count). The zero-order chi connectivity index (χ0) is 15.1. The fourth-order valence-electron chi connectivity index (χ4n) is 2.58. The zero-order valence-corrected chi connectivity index (χ0v) is 13.8. The molecule has 114 valence electrons. The number of aromatic nitrogens is 1. The first-order valence-electron chi connectivity index (χ1n) is 6.55. The Bertz CT molecular complexity index is 595. The van der Waals surface area contributed by atoms with E-state index in [0.29, 0.717) is 18.0 Å². The van der Waals surface area contributed by atoms with E-state index in [1.54, 1.807) is 23.9 Å². The Balaban J connectivity index is 2.34.